The molecular formula is C14H25BrN4O. The molecule has 0 saturated heterocycles. The molecule has 0 fully saturated rings. The van der Waals surface area contributed by atoms with Gasteiger partial charge in [0.1, 0.15) is 0 Å². The molecule has 0 bridgehead atoms. The van der Waals surface area contributed by atoms with E-state index in [1.54, 1.807) is 0 Å². The molecule has 1 unspecified atom stereocenters. The van der Waals surface area contributed by atoms with Crippen molar-refractivity contribution in [2.24, 2.45) is 0 Å². The van der Waals surface area contributed by atoms with Crippen molar-refractivity contribution < 1.29 is 4.79 Å². The van der Waals surface area contributed by atoms with Gasteiger partial charge in [0.2, 0.25) is 5.91 Å². The first kappa shape index (κ1) is 17.2. The van der Waals surface area contributed by atoms with E-state index in [1.165, 1.54) is 0 Å². The van der Waals surface area contributed by atoms with Gasteiger partial charge in [-0.05, 0) is 42.6 Å². The van der Waals surface area contributed by atoms with Crippen LogP contribution in [0.15, 0.2) is 4.47 Å². The molecule has 1 heterocycles. The van der Waals surface area contributed by atoms with Crippen LogP contribution in [-0.4, -0.2) is 28.3 Å². The number of hydrogen-bond acceptors (Lipinski definition) is 3. The number of nitrogens with one attached hydrogen (secondary N) is 2. The Morgan fingerprint density at radius 2 is 2.10 bits per heavy atom. The van der Waals surface area contributed by atoms with Crippen LogP contribution in [0, 0.1) is 0 Å². The van der Waals surface area contributed by atoms with Crippen LogP contribution in [0.5, 0.6) is 0 Å². The first-order chi connectivity index (χ1) is 9.54. The summed E-state index contributed by atoms with van der Waals surface area (Å²) in [5.74, 6) is 0.0428. The molecule has 0 spiro atoms. The van der Waals surface area contributed by atoms with Crippen molar-refractivity contribution in [3.8, 4) is 0 Å². The van der Waals surface area contributed by atoms with E-state index in [-0.39, 0.29) is 11.9 Å². The van der Waals surface area contributed by atoms with Crippen molar-refractivity contribution in [1.29, 1.82) is 0 Å². The number of carbonyl (C=O) groups is 1. The standard InChI is InChI=1S/C14H25BrN4O/c1-5-8-16-14(20)10(4)17-9-12-13(15)11(6-2)18-19(12)7-3/h10,17H,5-9H2,1-4H3,(H,16,20). The molecule has 20 heavy (non-hydrogen) atoms. The summed E-state index contributed by atoms with van der Waals surface area (Å²) >= 11 is 3.61. The van der Waals surface area contributed by atoms with Gasteiger partial charge in [0.15, 0.2) is 0 Å². The fourth-order valence-corrected chi connectivity index (χ4v) is 2.63. The highest BCUT2D eigenvalue weighted by Crippen LogP contribution is 2.22. The van der Waals surface area contributed by atoms with E-state index >= 15 is 0 Å². The largest absolute Gasteiger partial charge is 0.355 e. The van der Waals surface area contributed by atoms with E-state index in [0.717, 1.165) is 41.8 Å². The van der Waals surface area contributed by atoms with E-state index in [0.29, 0.717) is 6.54 Å². The number of rotatable bonds is 8. The molecule has 0 aromatic carbocycles. The van der Waals surface area contributed by atoms with Gasteiger partial charge in [-0.2, -0.15) is 5.10 Å². The molecule has 0 aliphatic carbocycles. The van der Waals surface area contributed by atoms with E-state index in [9.17, 15) is 4.79 Å². The Hall–Kier alpha value is -0.880. The zero-order valence-electron chi connectivity index (χ0n) is 12.8. The summed E-state index contributed by atoms with van der Waals surface area (Å²) in [5.41, 5.74) is 2.16. The Labute approximate surface area is 129 Å². The monoisotopic (exact) mass is 344 g/mol. The van der Waals surface area contributed by atoms with Crippen LogP contribution in [0.1, 0.15) is 45.5 Å². The highest BCUT2D eigenvalue weighted by molar-refractivity contribution is 9.10. The smallest absolute Gasteiger partial charge is 0.236 e. The fraction of sp³-hybridized carbons (Fsp3) is 0.714. The lowest BCUT2D eigenvalue weighted by molar-refractivity contribution is -0.122. The van der Waals surface area contributed by atoms with Crippen molar-refractivity contribution in [1.82, 2.24) is 20.4 Å². The molecule has 1 aromatic heterocycles. The highest BCUT2D eigenvalue weighted by Gasteiger charge is 2.16. The third-order valence-electron chi connectivity index (χ3n) is 3.21. The molecule has 1 atom stereocenters. The van der Waals surface area contributed by atoms with Crippen molar-refractivity contribution in [2.45, 2.75) is 59.7 Å². The molecule has 1 rings (SSSR count). The Balaban J connectivity index is 2.65. The number of carbonyl (C=O) groups excluding carboxylic acids is 1. The quantitative estimate of drug-likeness (QED) is 0.760. The molecule has 1 aromatic rings. The van der Waals surface area contributed by atoms with E-state index in [2.05, 4.69) is 45.5 Å². The van der Waals surface area contributed by atoms with Gasteiger partial charge < -0.3 is 10.6 Å². The lowest BCUT2D eigenvalue weighted by Gasteiger charge is -2.14. The number of hydrogen-bond donors (Lipinski definition) is 2. The number of aromatic nitrogens is 2. The normalized spacial score (nSPS) is 12.4. The zero-order chi connectivity index (χ0) is 15.1. The Bertz CT molecular complexity index is 445. The fourth-order valence-electron chi connectivity index (χ4n) is 1.93. The Kier molecular flexibility index (Phi) is 7.23. The molecule has 1 amide bonds. The van der Waals surface area contributed by atoms with Gasteiger partial charge in [0.05, 0.1) is 21.9 Å². The summed E-state index contributed by atoms with van der Waals surface area (Å²) < 4.78 is 3.03. The van der Waals surface area contributed by atoms with Gasteiger partial charge >= 0.3 is 0 Å². The van der Waals surface area contributed by atoms with Crippen LogP contribution in [0.2, 0.25) is 0 Å². The van der Waals surface area contributed by atoms with Crippen molar-refractivity contribution >= 4 is 21.8 Å². The van der Waals surface area contributed by atoms with Gasteiger partial charge in [-0.3, -0.25) is 9.48 Å². The van der Waals surface area contributed by atoms with E-state index in [1.807, 2.05) is 18.5 Å². The van der Waals surface area contributed by atoms with Crippen LogP contribution in [-0.2, 0) is 24.3 Å². The average Bonchev–Trinajstić information content (AvgIpc) is 2.77. The molecule has 0 saturated carbocycles. The molecule has 114 valence electrons. The topological polar surface area (TPSA) is 59.0 Å². The molecule has 0 aliphatic heterocycles. The summed E-state index contributed by atoms with van der Waals surface area (Å²) in [6.07, 6.45) is 1.85. The number of nitrogens with zero attached hydrogens (tertiary/aromatic N) is 2. The third kappa shape index (κ3) is 4.31. The van der Waals surface area contributed by atoms with E-state index < -0.39 is 0 Å². The zero-order valence-corrected chi connectivity index (χ0v) is 14.4. The number of halogens is 1. The lowest BCUT2D eigenvalue weighted by atomic mass is 10.2. The first-order valence-electron chi connectivity index (χ1n) is 7.30. The maximum absolute atomic E-state index is 11.8. The molecule has 6 heteroatoms. The van der Waals surface area contributed by atoms with Crippen molar-refractivity contribution in [2.75, 3.05) is 6.54 Å². The van der Waals surface area contributed by atoms with E-state index in [4.69, 9.17) is 0 Å². The molecule has 2 N–H and O–H groups in total. The SMILES string of the molecule is CCCNC(=O)C(C)NCc1c(Br)c(CC)nn1CC. The van der Waals surface area contributed by atoms with Crippen LogP contribution in [0.3, 0.4) is 0 Å². The minimum Gasteiger partial charge on any atom is -0.355 e. The summed E-state index contributed by atoms with van der Waals surface area (Å²) in [6.45, 7) is 10.3. The Morgan fingerprint density at radius 1 is 1.40 bits per heavy atom. The molecular weight excluding hydrogens is 320 g/mol. The van der Waals surface area contributed by atoms with Gasteiger partial charge in [-0.1, -0.05) is 13.8 Å². The van der Waals surface area contributed by atoms with Crippen molar-refractivity contribution in [3.05, 3.63) is 15.9 Å². The lowest BCUT2D eigenvalue weighted by Crippen LogP contribution is -2.42. The number of amides is 1. The maximum atomic E-state index is 11.8. The maximum Gasteiger partial charge on any atom is 0.236 e. The summed E-state index contributed by atoms with van der Waals surface area (Å²) in [6, 6.07) is -0.210. The second-order valence-electron chi connectivity index (χ2n) is 4.77. The van der Waals surface area contributed by atoms with Gasteiger partial charge in [0.25, 0.3) is 0 Å². The van der Waals surface area contributed by atoms with Gasteiger partial charge in [-0.15, -0.1) is 0 Å². The van der Waals surface area contributed by atoms with Crippen LogP contribution >= 0.6 is 15.9 Å². The van der Waals surface area contributed by atoms with Gasteiger partial charge in [-0.25, -0.2) is 0 Å². The summed E-state index contributed by atoms with van der Waals surface area (Å²) in [4.78, 5) is 11.8. The third-order valence-corrected chi connectivity index (χ3v) is 4.13. The van der Waals surface area contributed by atoms with Gasteiger partial charge in [0, 0.05) is 19.6 Å². The average molecular weight is 345 g/mol. The summed E-state index contributed by atoms with van der Waals surface area (Å²) in [5, 5.41) is 10.7. The van der Waals surface area contributed by atoms with Crippen LogP contribution in [0.25, 0.3) is 0 Å². The molecule has 5 nitrogen and oxygen atoms in total. The predicted octanol–water partition coefficient (Wildman–Crippen LogP) is 2.23. The number of aryl methyl sites for hydroxylation is 2. The second kappa shape index (κ2) is 8.42. The van der Waals surface area contributed by atoms with Crippen molar-refractivity contribution in [3.63, 3.8) is 0 Å². The second-order valence-corrected chi connectivity index (χ2v) is 5.56. The van der Waals surface area contributed by atoms with Crippen LogP contribution in [0.4, 0.5) is 0 Å². The minimum absolute atomic E-state index is 0.0428. The predicted molar refractivity (Wildman–Crippen MR) is 84.6 cm³/mol. The molecule has 0 aliphatic rings. The minimum atomic E-state index is -0.210. The molecule has 0 radical (unpaired) electrons. The van der Waals surface area contributed by atoms with Crippen LogP contribution < -0.4 is 10.6 Å². The Morgan fingerprint density at radius 3 is 2.65 bits per heavy atom. The summed E-state index contributed by atoms with van der Waals surface area (Å²) in [7, 11) is 0. The highest BCUT2D eigenvalue weighted by atomic mass is 79.9. The first-order valence-corrected chi connectivity index (χ1v) is 8.09.